The highest BCUT2D eigenvalue weighted by Crippen LogP contribution is 2.19. The van der Waals surface area contributed by atoms with Crippen LogP contribution in [0, 0.1) is 0 Å². The number of aliphatic hydroxyl groups excluding tert-OH is 3. The number of carbonyl (C=O) groups is 1. The topological polar surface area (TPSA) is 89.8 Å². The molecular formula is C58H117NO4. The van der Waals surface area contributed by atoms with Crippen LogP contribution < -0.4 is 5.32 Å². The molecule has 0 spiro atoms. The molecule has 0 fully saturated rings. The zero-order valence-electron chi connectivity index (χ0n) is 43.3. The molecule has 5 heteroatoms. The maximum atomic E-state index is 12.5. The molecule has 5 nitrogen and oxygen atoms in total. The first-order valence-electron chi connectivity index (χ1n) is 29.3. The van der Waals surface area contributed by atoms with Crippen LogP contribution in [0.3, 0.4) is 0 Å². The number of aliphatic hydroxyl groups is 3. The van der Waals surface area contributed by atoms with E-state index in [1.807, 2.05) is 0 Å². The van der Waals surface area contributed by atoms with Gasteiger partial charge in [-0.25, -0.2) is 0 Å². The minimum absolute atomic E-state index is 0.136. The molecule has 0 saturated carbocycles. The summed E-state index contributed by atoms with van der Waals surface area (Å²) in [7, 11) is 0. The summed E-state index contributed by atoms with van der Waals surface area (Å²) < 4.78 is 0. The van der Waals surface area contributed by atoms with Crippen molar-refractivity contribution in [3.63, 3.8) is 0 Å². The molecule has 0 unspecified atom stereocenters. The molecular weight excluding hydrogens is 775 g/mol. The van der Waals surface area contributed by atoms with Crippen molar-refractivity contribution in [2.45, 2.75) is 360 Å². The lowest BCUT2D eigenvalue weighted by Gasteiger charge is -2.26. The molecule has 0 aliphatic carbocycles. The fraction of sp³-hybridized carbons (Fsp3) is 0.983. The van der Waals surface area contributed by atoms with Gasteiger partial charge in [0, 0.05) is 6.42 Å². The first-order valence-corrected chi connectivity index (χ1v) is 29.3. The summed E-state index contributed by atoms with van der Waals surface area (Å²) in [6.45, 7) is 4.22. The highest BCUT2D eigenvalue weighted by molar-refractivity contribution is 5.76. The average Bonchev–Trinajstić information content (AvgIpc) is 3.29. The van der Waals surface area contributed by atoms with Gasteiger partial charge in [-0.05, 0) is 12.8 Å². The Labute approximate surface area is 396 Å². The summed E-state index contributed by atoms with van der Waals surface area (Å²) in [5.74, 6) is -0.136. The predicted octanol–water partition coefficient (Wildman–Crippen LogP) is 18.1. The number of hydrogen-bond donors (Lipinski definition) is 4. The van der Waals surface area contributed by atoms with Crippen LogP contribution in [-0.4, -0.2) is 46.1 Å². The summed E-state index contributed by atoms with van der Waals surface area (Å²) in [6.07, 6.45) is 65.6. The van der Waals surface area contributed by atoms with Crippen molar-refractivity contribution in [2.75, 3.05) is 6.61 Å². The van der Waals surface area contributed by atoms with Crippen LogP contribution in [-0.2, 0) is 4.79 Å². The Kier molecular flexibility index (Phi) is 53.4. The highest BCUT2D eigenvalue weighted by Gasteiger charge is 2.26. The van der Waals surface area contributed by atoms with Crippen molar-refractivity contribution in [1.29, 1.82) is 0 Å². The summed E-state index contributed by atoms with van der Waals surface area (Å²) in [6, 6.07) is -0.804. The van der Waals surface area contributed by atoms with Gasteiger partial charge in [0.15, 0.2) is 0 Å². The molecule has 0 aliphatic heterocycles. The Bertz CT molecular complexity index is 853. The third-order valence-corrected chi connectivity index (χ3v) is 14.2. The summed E-state index contributed by atoms with van der Waals surface area (Å²) in [5, 5.41) is 33.8. The molecule has 63 heavy (non-hydrogen) atoms. The van der Waals surface area contributed by atoms with E-state index >= 15 is 0 Å². The van der Waals surface area contributed by atoms with E-state index in [-0.39, 0.29) is 12.5 Å². The van der Waals surface area contributed by atoms with Crippen LogP contribution in [0.4, 0.5) is 0 Å². The van der Waals surface area contributed by atoms with E-state index in [4.69, 9.17) is 0 Å². The maximum Gasteiger partial charge on any atom is 0.220 e. The minimum Gasteiger partial charge on any atom is -0.394 e. The van der Waals surface area contributed by atoms with Gasteiger partial charge < -0.3 is 20.6 Å². The quantitative estimate of drug-likeness (QED) is 0.0458. The molecule has 0 saturated heterocycles. The zero-order valence-corrected chi connectivity index (χ0v) is 43.3. The van der Waals surface area contributed by atoms with Crippen molar-refractivity contribution >= 4 is 5.91 Å². The van der Waals surface area contributed by atoms with Crippen LogP contribution >= 0.6 is 0 Å². The maximum absolute atomic E-state index is 12.5. The van der Waals surface area contributed by atoms with E-state index in [2.05, 4.69) is 19.2 Å². The molecule has 0 aromatic carbocycles. The fourth-order valence-corrected chi connectivity index (χ4v) is 9.70. The van der Waals surface area contributed by atoms with Gasteiger partial charge in [-0.15, -0.1) is 0 Å². The molecule has 0 rings (SSSR count). The zero-order chi connectivity index (χ0) is 45.8. The second kappa shape index (κ2) is 54.0. The van der Waals surface area contributed by atoms with Gasteiger partial charge >= 0.3 is 0 Å². The summed E-state index contributed by atoms with van der Waals surface area (Å²) in [5.41, 5.74) is 0. The number of unbranched alkanes of at least 4 members (excludes halogenated alkanes) is 47. The van der Waals surface area contributed by atoms with Crippen LogP contribution in [0.5, 0.6) is 0 Å². The number of hydrogen-bond acceptors (Lipinski definition) is 4. The minimum atomic E-state index is -1.13. The Morgan fingerprint density at radius 2 is 0.540 bits per heavy atom. The number of rotatable bonds is 55. The van der Waals surface area contributed by atoms with Gasteiger partial charge in [0.25, 0.3) is 0 Å². The summed E-state index contributed by atoms with van der Waals surface area (Å²) in [4.78, 5) is 12.5. The van der Waals surface area contributed by atoms with Crippen LogP contribution in [0.2, 0.25) is 0 Å². The van der Waals surface area contributed by atoms with E-state index in [0.29, 0.717) is 12.8 Å². The standard InChI is InChI=1S/C58H117NO4/c1-3-5-7-9-11-13-15-17-19-21-22-23-24-25-26-27-28-29-30-31-32-33-34-35-36-37-39-41-43-45-47-49-51-53-57(62)59-55(54-60)58(63)56(61)52-50-48-46-44-42-40-38-20-18-16-14-12-10-8-6-4-2/h55-56,58,60-61,63H,3-54H2,1-2H3,(H,59,62)/t55-,56+,58-/m0/s1. The van der Waals surface area contributed by atoms with Crippen LogP contribution in [0.1, 0.15) is 341 Å². The van der Waals surface area contributed by atoms with Gasteiger partial charge in [0.05, 0.1) is 18.8 Å². The molecule has 0 aromatic heterocycles. The highest BCUT2D eigenvalue weighted by atomic mass is 16.3. The third kappa shape index (κ3) is 49.1. The van der Waals surface area contributed by atoms with E-state index in [9.17, 15) is 20.1 Å². The molecule has 1 amide bonds. The van der Waals surface area contributed by atoms with Crippen molar-refractivity contribution in [2.24, 2.45) is 0 Å². The first kappa shape index (κ1) is 62.4. The van der Waals surface area contributed by atoms with Crippen molar-refractivity contribution in [3.8, 4) is 0 Å². The first-order chi connectivity index (χ1) is 31.1. The van der Waals surface area contributed by atoms with E-state index in [1.54, 1.807) is 0 Å². The van der Waals surface area contributed by atoms with Gasteiger partial charge in [0.2, 0.25) is 5.91 Å². The van der Waals surface area contributed by atoms with Gasteiger partial charge in [-0.3, -0.25) is 4.79 Å². The molecule has 0 bridgehead atoms. The van der Waals surface area contributed by atoms with Crippen molar-refractivity contribution in [1.82, 2.24) is 5.32 Å². The molecule has 378 valence electrons. The molecule has 4 N–H and O–H groups in total. The Morgan fingerprint density at radius 3 is 0.762 bits per heavy atom. The van der Waals surface area contributed by atoms with Gasteiger partial charge in [0.1, 0.15) is 6.10 Å². The Balaban J connectivity index is 3.43. The second-order valence-electron chi connectivity index (χ2n) is 20.6. The SMILES string of the molecule is CCCCCCCCCCCCCCCCCCCCCCCCCCCCCCCCCCCC(=O)N[C@@H](CO)[C@H](O)[C@H](O)CCCCCCCCCCCCCCCCCC. The average molecular weight is 893 g/mol. The van der Waals surface area contributed by atoms with Gasteiger partial charge in [-0.1, -0.05) is 322 Å². The van der Waals surface area contributed by atoms with E-state index in [0.717, 1.165) is 32.1 Å². The smallest absolute Gasteiger partial charge is 0.220 e. The van der Waals surface area contributed by atoms with E-state index < -0.39 is 18.2 Å². The fourth-order valence-electron chi connectivity index (χ4n) is 9.70. The predicted molar refractivity (Wildman–Crippen MR) is 278 cm³/mol. The molecule has 0 aromatic rings. The Morgan fingerprint density at radius 1 is 0.333 bits per heavy atom. The monoisotopic (exact) mass is 892 g/mol. The van der Waals surface area contributed by atoms with Crippen molar-refractivity contribution < 1.29 is 20.1 Å². The van der Waals surface area contributed by atoms with E-state index in [1.165, 1.54) is 283 Å². The lowest BCUT2D eigenvalue weighted by atomic mass is 9.99. The largest absolute Gasteiger partial charge is 0.394 e. The third-order valence-electron chi connectivity index (χ3n) is 14.2. The van der Waals surface area contributed by atoms with Crippen LogP contribution in [0.25, 0.3) is 0 Å². The normalized spacial score (nSPS) is 13.2. The Hall–Kier alpha value is -0.650. The molecule has 0 aliphatic rings. The number of amides is 1. The molecule has 0 radical (unpaired) electrons. The lowest BCUT2D eigenvalue weighted by molar-refractivity contribution is -0.124. The molecule has 3 atom stereocenters. The van der Waals surface area contributed by atoms with Gasteiger partial charge in [-0.2, -0.15) is 0 Å². The number of nitrogens with one attached hydrogen (secondary N) is 1. The molecule has 0 heterocycles. The summed E-state index contributed by atoms with van der Waals surface area (Å²) >= 11 is 0. The van der Waals surface area contributed by atoms with Crippen LogP contribution in [0.15, 0.2) is 0 Å². The second-order valence-corrected chi connectivity index (χ2v) is 20.6. The van der Waals surface area contributed by atoms with Crippen molar-refractivity contribution in [3.05, 3.63) is 0 Å². The number of carbonyl (C=O) groups excluding carboxylic acids is 1. The lowest BCUT2D eigenvalue weighted by Crippen LogP contribution is -2.50.